The Labute approximate surface area is 174 Å². The van der Waals surface area contributed by atoms with E-state index >= 15 is 0 Å². The van der Waals surface area contributed by atoms with Gasteiger partial charge in [0, 0.05) is 12.6 Å². The SMILES string of the molecule is CCOP(CC(CCC(=O)OC(=O)c1ccccc1)C(=O)OC(C)(C)C)OCC. The van der Waals surface area contributed by atoms with Crippen molar-refractivity contribution in [3.8, 4) is 0 Å². The van der Waals surface area contributed by atoms with Gasteiger partial charge in [-0.25, -0.2) is 4.79 Å². The molecule has 0 N–H and O–H groups in total. The van der Waals surface area contributed by atoms with E-state index in [0.717, 1.165) is 0 Å². The second kappa shape index (κ2) is 12.7. The van der Waals surface area contributed by atoms with Gasteiger partial charge in [0.1, 0.15) is 5.60 Å². The molecule has 0 saturated carbocycles. The Kier molecular flexibility index (Phi) is 11.0. The fourth-order valence-corrected chi connectivity index (χ4v) is 3.91. The maximum atomic E-state index is 12.6. The highest BCUT2D eigenvalue weighted by molar-refractivity contribution is 7.47. The third kappa shape index (κ3) is 10.5. The molecule has 0 amide bonds. The van der Waals surface area contributed by atoms with Crippen LogP contribution in [0, 0.1) is 5.92 Å². The van der Waals surface area contributed by atoms with Crippen molar-refractivity contribution in [1.82, 2.24) is 0 Å². The number of ether oxygens (including phenoxy) is 2. The van der Waals surface area contributed by atoms with Crippen LogP contribution in [0.25, 0.3) is 0 Å². The van der Waals surface area contributed by atoms with Crippen molar-refractivity contribution in [2.24, 2.45) is 5.92 Å². The third-order valence-electron chi connectivity index (χ3n) is 3.57. The predicted molar refractivity (Wildman–Crippen MR) is 110 cm³/mol. The minimum Gasteiger partial charge on any atom is -0.460 e. The lowest BCUT2D eigenvalue weighted by Gasteiger charge is -2.26. The van der Waals surface area contributed by atoms with Crippen LogP contribution < -0.4 is 0 Å². The summed E-state index contributed by atoms with van der Waals surface area (Å²) in [5.41, 5.74) is -0.361. The van der Waals surface area contributed by atoms with Crippen LogP contribution in [-0.2, 0) is 28.1 Å². The average molecular weight is 426 g/mol. The number of carbonyl (C=O) groups excluding carboxylic acids is 3. The first-order chi connectivity index (χ1) is 13.7. The third-order valence-corrected chi connectivity index (χ3v) is 5.40. The molecule has 0 aliphatic carbocycles. The van der Waals surface area contributed by atoms with Crippen LogP contribution in [0.2, 0.25) is 0 Å². The highest BCUT2D eigenvalue weighted by Crippen LogP contribution is 2.41. The molecule has 0 aromatic heterocycles. The Hall–Kier alpha value is -1.82. The van der Waals surface area contributed by atoms with E-state index in [-0.39, 0.29) is 12.8 Å². The molecule has 0 aliphatic heterocycles. The Bertz CT molecular complexity index is 649. The van der Waals surface area contributed by atoms with E-state index in [1.165, 1.54) is 0 Å². The number of carbonyl (C=O) groups is 3. The molecule has 1 aromatic rings. The van der Waals surface area contributed by atoms with Crippen LogP contribution in [0.5, 0.6) is 0 Å². The Morgan fingerprint density at radius 1 is 1.00 bits per heavy atom. The first-order valence-electron chi connectivity index (χ1n) is 9.72. The predicted octanol–water partition coefficient (Wildman–Crippen LogP) is 4.49. The van der Waals surface area contributed by atoms with Crippen molar-refractivity contribution in [2.75, 3.05) is 19.4 Å². The average Bonchev–Trinajstić information content (AvgIpc) is 2.64. The van der Waals surface area contributed by atoms with E-state index < -0.39 is 37.8 Å². The summed E-state index contributed by atoms with van der Waals surface area (Å²) < 4.78 is 21.5. The van der Waals surface area contributed by atoms with Gasteiger partial charge in [-0.05, 0) is 53.2 Å². The summed E-state index contributed by atoms with van der Waals surface area (Å²) in [5, 5.41) is 0. The molecule has 0 bridgehead atoms. The zero-order valence-electron chi connectivity index (χ0n) is 17.8. The van der Waals surface area contributed by atoms with E-state index in [4.69, 9.17) is 18.5 Å². The van der Waals surface area contributed by atoms with Crippen molar-refractivity contribution in [3.63, 3.8) is 0 Å². The van der Waals surface area contributed by atoms with Gasteiger partial charge in [-0.1, -0.05) is 18.2 Å². The molecular weight excluding hydrogens is 395 g/mol. The van der Waals surface area contributed by atoms with Crippen LogP contribution in [0.1, 0.15) is 57.8 Å². The minimum absolute atomic E-state index is 0.0933. The molecule has 1 unspecified atom stereocenters. The molecule has 7 nitrogen and oxygen atoms in total. The van der Waals surface area contributed by atoms with Crippen LogP contribution in [0.3, 0.4) is 0 Å². The van der Waals surface area contributed by atoms with Crippen molar-refractivity contribution < 1.29 is 32.9 Å². The summed E-state index contributed by atoms with van der Waals surface area (Å²) >= 11 is 0. The Morgan fingerprint density at radius 3 is 2.10 bits per heavy atom. The van der Waals surface area contributed by atoms with E-state index in [1.54, 1.807) is 51.1 Å². The molecule has 8 heteroatoms. The second-order valence-electron chi connectivity index (χ2n) is 7.25. The van der Waals surface area contributed by atoms with Crippen molar-refractivity contribution in [2.45, 2.75) is 53.1 Å². The molecule has 0 aliphatic rings. The topological polar surface area (TPSA) is 88.1 Å². The Morgan fingerprint density at radius 2 is 1.59 bits per heavy atom. The molecule has 0 radical (unpaired) electrons. The molecule has 0 spiro atoms. The largest absolute Gasteiger partial charge is 0.460 e. The normalized spacial score (nSPS) is 12.5. The number of hydrogen-bond donors (Lipinski definition) is 0. The lowest BCUT2D eigenvalue weighted by Crippen LogP contribution is -2.31. The summed E-state index contributed by atoms with van der Waals surface area (Å²) in [6.45, 7) is 9.96. The smallest absolute Gasteiger partial charge is 0.345 e. The maximum Gasteiger partial charge on any atom is 0.345 e. The Balaban J connectivity index is 2.72. The molecule has 162 valence electrons. The zero-order chi connectivity index (χ0) is 21.9. The van der Waals surface area contributed by atoms with Crippen LogP contribution in [0.4, 0.5) is 0 Å². The summed E-state index contributed by atoms with van der Waals surface area (Å²) in [7, 11) is -1.28. The van der Waals surface area contributed by atoms with Crippen molar-refractivity contribution >= 4 is 26.3 Å². The number of benzene rings is 1. The van der Waals surface area contributed by atoms with E-state index in [2.05, 4.69) is 0 Å². The molecule has 29 heavy (non-hydrogen) atoms. The van der Waals surface area contributed by atoms with E-state index in [1.807, 2.05) is 13.8 Å². The number of rotatable bonds is 11. The standard InChI is InChI=1S/C21H31O7P/c1-6-25-29(26-7-2)15-17(20(24)28-21(3,4)5)13-14-18(22)27-19(23)16-11-9-8-10-12-16/h8-12,17H,6-7,13-15H2,1-5H3. The van der Waals surface area contributed by atoms with Gasteiger partial charge >= 0.3 is 17.9 Å². The van der Waals surface area contributed by atoms with Crippen LogP contribution in [0.15, 0.2) is 30.3 Å². The van der Waals surface area contributed by atoms with Gasteiger partial charge in [-0.3, -0.25) is 9.59 Å². The molecule has 0 fully saturated rings. The first kappa shape index (κ1) is 25.2. The number of esters is 3. The summed E-state index contributed by atoms with van der Waals surface area (Å²) in [6.07, 6.45) is 0.393. The molecule has 0 heterocycles. The lowest BCUT2D eigenvalue weighted by atomic mass is 10.1. The second-order valence-corrected chi connectivity index (χ2v) is 8.79. The van der Waals surface area contributed by atoms with Gasteiger partial charge < -0.3 is 18.5 Å². The van der Waals surface area contributed by atoms with E-state index in [9.17, 15) is 14.4 Å². The van der Waals surface area contributed by atoms with Gasteiger partial charge in [0.2, 0.25) is 0 Å². The van der Waals surface area contributed by atoms with Crippen molar-refractivity contribution in [3.05, 3.63) is 35.9 Å². The zero-order valence-corrected chi connectivity index (χ0v) is 18.7. The van der Waals surface area contributed by atoms with Gasteiger partial charge in [-0.2, -0.15) is 0 Å². The summed E-state index contributed by atoms with van der Waals surface area (Å²) in [5.74, 6) is -2.43. The first-order valence-corrected chi connectivity index (χ1v) is 11.1. The highest BCUT2D eigenvalue weighted by Gasteiger charge is 2.30. The van der Waals surface area contributed by atoms with Gasteiger partial charge in [-0.15, -0.1) is 0 Å². The molecule has 0 saturated heterocycles. The summed E-state index contributed by atoms with van der Waals surface area (Å²) in [6, 6.07) is 8.26. The highest BCUT2D eigenvalue weighted by atomic mass is 31.2. The molecular formula is C21H31O7P. The van der Waals surface area contributed by atoms with Gasteiger partial charge in [0.15, 0.2) is 8.38 Å². The minimum atomic E-state index is -1.28. The maximum absolute atomic E-state index is 12.6. The van der Waals surface area contributed by atoms with Crippen molar-refractivity contribution in [1.29, 1.82) is 0 Å². The molecule has 1 rings (SSSR count). The monoisotopic (exact) mass is 426 g/mol. The fraction of sp³-hybridized carbons (Fsp3) is 0.571. The molecule has 1 aromatic carbocycles. The molecule has 1 atom stereocenters. The van der Waals surface area contributed by atoms with E-state index in [0.29, 0.717) is 24.9 Å². The lowest BCUT2D eigenvalue weighted by molar-refractivity contribution is -0.159. The quantitative estimate of drug-likeness (QED) is 0.293. The number of hydrogen-bond acceptors (Lipinski definition) is 7. The van der Waals surface area contributed by atoms with Gasteiger partial charge in [0.25, 0.3) is 0 Å². The van der Waals surface area contributed by atoms with Crippen LogP contribution >= 0.6 is 8.38 Å². The fourth-order valence-electron chi connectivity index (χ4n) is 2.36. The van der Waals surface area contributed by atoms with Crippen LogP contribution in [-0.4, -0.2) is 42.9 Å². The summed E-state index contributed by atoms with van der Waals surface area (Å²) in [4.78, 5) is 36.7. The van der Waals surface area contributed by atoms with Gasteiger partial charge in [0.05, 0.1) is 24.7 Å².